The Morgan fingerprint density at radius 2 is 1.82 bits per heavy atom. The van der Waals surface area contributed by atoms with E-state index in [2.05, 4.69) is 15.2 Å². The highest BCUT2D eigenvalue weighted by atomic mass is 16.5. The summed E-state index contributed by atoms with van der Waals surface area (Å²) in [6, 6.07) is 3.49. The number of amides is 1. The number of hydrogen-bond acceptors (Lipinski definition) is 6. The molecule has 0 unspecified atom stereocenters. The van der Waals surface area contributed by atoms with Gasteiger partial charge in [-0.05, 0) is 32.8 Å². The SMILES string of the molecule is COc1ccc(NC(=O)[C@@H]2CC(C)=C(C)C[C@H]2C(=O)[O-])c(N2CCOCC2)[nH+]1. The number of ether oxygens (including phenoxy) is 2. The molecule has 8 nitrogen and oxygen atoms in total. The number of carboxylic acids is 1. The predicted octanol–water partition coefficient (Wildman–Crippen LogP) is 0.397. The van der Waals surface area contributed by atoms with E-state index in [0.29, 0.717) is 50.7 Å². The fourth-order valence-corrected chi connectivity index (χ4v) is 3.76. The number of aliphatic carboxylic acids is 1. The molecule has 1 aliphatic heterocycles. The first-order chi connectivity index (χ1) is 13.4. The Balaban J connectivity index is 1.85. The zero-order valence-corrected chi connectivity index (χ0v) is 16.5. The van der Waals surface area contributed by atoms with E-state index < -0.39 is 17.8 Å². The molecule has 1 fully saturated rings. The smallest absolute Gasteiger partial charge is 0.301 e. The van der Waals surface area contributed by atoms with Crippen LogP contribution in [0.15, 0.2) is 23.3 Å². The minimum absolute atomic E-state index is 0.311. The van der Waals surface area contributed by atoms with Crippen LogP contribution in [-0.4, -0.2) is 45.3 Å². The van der Waals surface area contributed by atoms with Crippen molar-refractivity contribution in [2.45, 2.75) is 26.7 Å². The summed E-state index contributed by atoms with van der Waals surface area (Å²) in [6.07, 6.45) is 0.764. The fraction of sp³-hybridized carbons (Fsp3) is 0.550. The largest absolute Gasteiger partial charge is 0.550 e. The molecule has 1 aliphatic carbocycles. The molecule has 8 heteroatoms. The van der Waals surface area contributed by atoms with Gasteiger partial charge in [-0.25, -0.2) is 4.98 Å². The highest BCUT2D eigenvalue weighted by molar-refractivity contribution is 5.97. The first kappa shape index (κ1) is 20.1. The van der Waals surface area contributed by atoms with E-state index in [9.17, 15) is 14.7 Å². The highest BCUT2D eigenvalue weighted by Crippen LogP contribution is 2.35. The molecule has 152 valence electrons. The van der Waals surface area contributed by atoms with Gasteiger partial charge in [-0.3, -0.25) is 9.69 Å². The van der Waals surface area contributed by atoms with Crippen LogP contribution in [-0.2, 0) is 14.3 Å². The molecule has 0 saturated carbocycles. The van der Waals surface area contributed by atoms with Crippen molar-refractivity contribution in [2.75, 3.05) is 43.6 Å². The molecule has 0 aromatic carbocycles. The zero-order chi connectivity index (χ0) is 20.3. The van der Waals surface area contributed by atoms with Crippen LogP contribution >= 0.6 is 0 Å². The van der Waals surface area contributed by atoms with Crippen molar-refractivity contribution in [1.82, 2.24) is 0 Å². The van der Waals surface area contributed by atoms with Crippen LogP contribution in [0.4, 0.5) is 11.5 Å². The minimum Gasteiger partial charge on any atom is -0.550 e. The quantitative estimate of drug-likeness (QED) is 0.731. The molecule has 2 atom stereocenters. The number of H-pyrrole nitrogens is 1. The molecule has 1 aromatic rings. The van der Waals surface area contributed by atoms with Gasteiger partial charge in [0.25, 0.3) is 5.88 Å². The van der Waals surface area contributed by atoms with Gasteiger partial charge < -0.3 is 24.7 Å². The van der Waals surface area contributed by atoms with E-state index in [1.807, 2.05) is 13.8 Å². The molecule has 2 heterocycles. The van der Waals surface area contributed by atoms with Crippen molar-refractivity contribution >= 4 is 23.4 Å². The summed E-state index contributed by atoms with van der Waals surface area (Å²) in [6.45, 7) is 6.40. The number of nitrogens with zero attached hydrogens (tertiary/aromatic N) is 1. The number of anilines is 2. The Bertz CT molecular complexity index is 786. The number of aromatic amines is 1. The minimum atomic E-state index is -1.18. The maximum atomic E-state index is 13.0. The Kier molecular flexibility index (Phi) is 6.18. The molecule has 3 rings (SSSR count). The fourth-order valence-electron chi connectivity index (χ4n) is 3.76. The van der Waals surface area contributed by atoms with Crippen LogP contribution in [0.2, 0.25) is 0 Å². The van der Waals surface area contributed by atoms with Gasteiger partial charge in [-0.2, -0.15) is 0 Å². The molecule has 28 heavy (non-hydrogen) atoms. The predicted molar refractivity (Wildman–Crippen MR) is 101 cm³/mol. The van der Waals surface area contributed by atoms with Crippen molar-refractivity contribution in [3.05, 3.63) is 23.3 Å². The van der Waals surface area contributed by atoms with Gasteiger partial charge in [0.1, 0.15) is 18.8 Å². The third-order valence-corrected chi connectivity index (χ3v) is 5.61. The van der Waals surface area contributed by atoms with Gasteiger partial charge in [0.15, 0.2) is 0 Å². The number of rotatable bonds is 5. The van der Waals surface area contributed by atoms with E-state index in [4.69, 9.17) is 9.47 Å². The maximum absolute atomic E-state index is 13.0. The van der Waals surface area contributed by atoms with Crippen LogP contribution in [0.5, 0.6) is 5.88 Å². The molecule has 1 amide bonds. The Labute approximate surface area is 164 Å². The molecule has 1 aromatic heterocycles. The van der Waals surface area contributed by atoms with Crippen LogP contribution in [0.1, 0.15) is 26.7 Å². The van der Waals surface area contributed by atoms with Crippen molar-refractivity contribution in [3.63, 3.8) is 0 Å². The summed E-state index contributed by atoms with van der Waals surface area (Å²) >= 11 is 0. The average molecular weight is 389 g/mol. The molecular formula is C20H27N3O5. The highest BCUT2D eigenvalue weighted by Gasteiger charge is 2.35. The lowest BCUT2D eigenvalue weighted by Gasteiger charge is -2.33. The van der Waals surface area contributed by atoms with Crippen LogP contribution < -0.4 is 25.0 Å². The number of carboxylic acid groups (broad SMARTS) is 1. The first-order valence-corrected chi connectivity index (χ1v) is 9.50. The Morgan fingerprint density at radius 1 is 1.18 bits per heavy atom. The Morgan fingerprint density at radius 3 is 2.43 bits per heavy atom. The van der Waals surface area contributed by atoms with Gasteiger partial charge >= 0.3 is 5.82 Å². The Hall–Kier alpha value is -2.61. The van der Waals surface area contributed by atoms with Gasteiger partial charge in [0.2, 0.25) is 5.91 Å². The maximum Gasteiger partial charge on any atom is 0.301 e. The summed E-state index contributed by atoms with van der Waals surface area (Å²) < 4.78 is 10.7. The second-order valence-electron chi connectivity index (χ2n) is 7.38. The van der Waals surface area contributed by atoms with E-state index in [1.165, 1.54) is 0 Å². The molecule has 0 bridgehead atoms. The lowest BCUT2D eigenvalue weighted by Crippen LogP contribution is -2.43. The number of carbonyl (C=O) groups excluding carboxylic acids is 2. The number of allylic oxidation sites excluding steroid dienone is 2. The summed E-state index contributed by atoms with van der Waals surface area (Å²) in [5.41, 5.74) is 2.67. The monoisotopic (exact) mass is 389 g/mol. The second-order valence-corrected chi connectivity index (χ2v) is 7.38. The number of hydrogen-bond donors (Lipinski definition) is 1. The standard InChI is InChI=1S/C20H27N3O5/c1-12-10-14(15(20(25)26)11-13(12)2)19(24)21-16-4-5-17(27-3)22-18(16)23-6-8-28-9-7-23/h4-5,14-15H,6-11H2,1-3H3,(H,21,24)(H,25,26)/t14-,15-/m1/s1. The molecule has 1 saturated heterocycles. The summed E-state index contributed by atoms with van der Waals surface area (Å²) in [5.74, 6) is -1.68. The normalized spacial score (nSPS) is 22.8. The van der Waals surface area contributed by atoms with E-state index in [0.717, 1.165) is 17.0 Å². The van der Waals surface area contributed by atoms with Crippen molar-refractivity contribution in [2.24, 2.45) is 11.8 Å². The third-order valence-electron chi connectivity index (χ3n) is 5.61. The van der Waals surface area contributed by atoms with Crippen LogP contribution in [0, 0.1) is 11.8 Å². The van der Waals surface area contributed by atoms with Gasteiger partial charge in [-0.15, -0.1) is 0 Å². The zero-order valence-electron chi connectivity index (χ0n) is 16.5. The molecule has 2 N–H and O–H groups in total. The van der Waals surface area contributed by atoms with E-state index in [1.54, 1.807) is 19.2 Å². The molecule has 0 spiro atoms. The van der Waals surface area contributed by atoms with Crippen molar-refractivity contribution in [1.29, 1.82) is 0 Å². The second kappa shape index (κ2) is 8.60. The summed E-state index contributed by atoms with van der Waals surface area (Å²) in [4.78, 5) is 29.9. The number of nitrogens with one attached hydrogen (secondary N) is 2. The lowest BCUT2D eigenvalue weighted by atomic mass is 9.76. The number of aromatic nitrogens is 1. The van der Waals surface area contributed by atoms with Crippen molar-refractivity contribution in [3.8, 4) is 5.88 Å². The van der Waals surface area contributed by atoms with Crippen molar-refractivity contribution < 1.29 is 29.2 Å². The average Bonchev–Trinajstić information content (AvgIpc) is 2.70. The summed E-state index contributed by atoms with van der Waals surface area (Å²) in [7, 11) is 1.57. The van der Waals surface area contributed by atoms with Gasteiger partial charge in [0.05, 0.1) is 26.2 Å². The lowest BCUT2D eigenvalue weighted by molar-refractivity contribution is -0.379. The number of morpholine rings is 1. The van der Waals surface area contributed by atoms with Gasteiger partial charge in [0, 0.05) is 18.0 Å². The first-order valence-electron chi connectivity index (χ1n) is 9.50. The molecule has 2 aliphatic rings. The molecular weight excluding hydrogens is 362 g/mol. The summed E-state index contributed by atoms with van der Waals surface area (Å²) in [5, 5.41) is 14.5. The van der Waals surface area contributed by atoms with Crippen LogP contribution in [0.25, 0.3) is 0 Å². The number of methoxy groups -OCH3 is 1. The van der Waals surface area contributed by atoms with E-state index >= 15 is 0 Å². The third kappa shape index (κ3) is 4.27. The topological polar surface area (TPSA) is 105 Å². The van der Waals surface area contributed by atoms with Crippen LogP contribution in [0.3, 0.4) is 0 Å². The van der Waals surface area contributed by atoms with Gasteiger partial charge in [-0.1, -0.05) is 11.1 Å². The number of pyridine rings is 1. The van der Waals surface area contributed by atoms with E-state index in [-0.39, 0.29) is 5.91 Å². The molecule has 0 radical (unpaired) electrons. The number of carbonyl (C=O) groups is 2.